The highest BCUT2D eigenvalue weighted by molar-refractivity contribution is 6.74. The van der Waals surface area contributed by atoms with Gasteiger partial charge in [0.25, 0.3) is 0 Å². The van der Waals surface area contributed by atoms with Gasteiger partial charge >= 0.3 is 6.09 Å². The quantitative estimate of drug-likeness (QED) is 0.209. The summed E-state index contributed by atoms with van der Waals surface area (Å²) < 4.78 is 12.1. The number of ether oxygens (including phenoxy) is 1. The molecule has 1 amide bonds. The summed E-state index contributed by atoms with van der Waals surface area (Å²) >= 11 is 0. The van der Waals surface area contributed by atoms with E-state index >= 15 is 0 Å². The topological polar surface area (TPSA) is 97.4 Å². The van der Waals surface area contributed by atoms with Crippen molar-refractivity contribution in [3.8, 4) is 0 Å². The van der Waals surface area contributed by atoms with E-state index in [1.165, 1.54) is 0 Å². The van der Waals surface area contributed by atoms with Crippen molar-refractivity contribution in [3.05, 3.63) is 34.9 Å². The third kappa shape index (κ3) is 6.01. The first-order valence-electron chi connectivity index (χ1n) is 10.9. The van der Waals surface area contributed by atoms with Gasteiger partial charge in [0.1, 0.15) is 5.60 Å². The maximum absolute atomic E-state index is 13.2. The summed E-state index contributed by atoms with van der Waals surface area (Å²) in [5.41, 5.74) is 8.03. The van der Waals surface area contributed by atoms with E-state index in [1.54, 1.807) is 4.90 Å². The van der Waals surface area contributed by atoms with Crippen LogP contribution >= 0.6 is 0 Å². The zero-order valence-corrected chi connectivity index (χ0v) is 21.3. The normalized spacial score (nSPS) is 17.4. The number of amides is 1. The molecular weight excluding hydrogens is 410 g/mol. The van der Waals surface area contributed by atoms with Gasteiger partial charge in [-0.3, -0.25) is 4.90 Å². The highest BCUT2D eigenvalue weighted by Gasteiger charge is 2.39. The van der Waals surface area contributed by atoms with E-state index in [9.17, 15) is 4.79 Å². The number of hydrogen-bond donors (Lipinski definition) is 2. The minimum atomic E-state index is -1.93. The van der Waals surface area contributed by atoms with Gasteiger partial charge in [-0.05, 0) is 62.9 Å². The standard InChI is InChI=1S/C23H39N3O4Si/c1-22(2,3)30-21(27)26(14-15-29-31(7,8)23(4,5)6)19-13-12-16-17(19)10-9-11-18(16)20(24)25-28/h9-11,19,28H,12-15H2,1-8H3,(H2,24,25)/t19-/m0/s1. The fourth-order valence-electron chi connectivity index (χ4n) is 3.56. The lowest BCUT2D eigenvalue weighted by Crippen LogP contribution is -2.45. The first kappa shape index (κ1) is 25.2. The van der Waals surface area contributed by atoms with Crippen LogP contribution in [0.4, 0.5) is 4.79 Å². The number of carbonyl (C=O) groups excluding carboxylic acids is 1. The number of amidine groups is 1. The van der Waals surface area contributed by atoms with Crippen molar-refractivity contribution >= 4 is 20.2 Å². The van der Waals surface area contributed by atoms with Crippen LogP contribution in [0.3, 0.4) is 0 Å². The molecule has 0 aromatic heterocycles. The zero-order chi connectivity index (χ0) is 23.6. The summed E-state index contributed by atoms with van der Waals surface area (Å²) in [7, 11) is -1.93. The smallest absolute Gasteiger partial charge is 0.410 e. The Hall–Kier alpha value is -2.06. The van der Waals surface area contributed by atoms with Crippen LogP contribution in [0, 0.1) is 0 Å². The predicted molar refractivity (Wildman–Crippen MR) is 126 cm³/mol. The highest BCUT2D eigenvalue weighted by Crippen LogP contribution is 2.39. The predicted octanol–water partition coefficient (Wildman–Crippen LogP) is 5.03. The van der Waals surface area contributed by atoms with Gasteiger partial charge in [-0.25, -0.2) is 4.79 Å². The number of benzene rings is 1. The molecule has 1 aliphatic rings. The number of fused-ring (bicyclic) bond motifs is 1. The molecule has 1 aromatic rings. The Kier molecular flexibility index (Phi) is 7.48. The maximum atomic E-state index is 13.2. The second-order valence-corrected chi connectivity index (χ2v) is 15.5. The van der Waals surface area contributed by atoms with Crippen molar-refractivity contribution in [2.75, 3.05) is 13.2 Å². The molecule has 0 unspecified atom stereocenters. The van der Waals surface area contributed by atoms with Crippen LogP contribution in [0.1, 0.15) is 70.7 Å². The van der Waals surface area contributed by atoms with E-state index < -0.39 is 13.9 Å². The second-order valence-electron chi connectivity index (χ2n) is 10.7. The second kappa shape index (κ2) is 9.20. The van der Waals surface area contributed by atoms with Crippen LogP contribution in [-0.4, -0.2) is 49.1 Å². The number of carbonyl (C=O) groups is 1. The van der Waals surface area contributed by atoms with E-state index in [4.69, 9.17) is 20.1 Å². The molecule has 1 aliphatic carbocycles. The summed E-state index contributed by atoms with van der Waals surface area (Å²) in [6.45, 7) is 17.5. The van der Waals surface area contributed by atoms with Crippen LogP contribution in [0.5, 0.6) is 0 Å². The van der Waals surface area contributed by atoms with Crippen LogP contribution in [0.25, 0.3) is 0 Å². The Labute approximate surface area is 187 Å². The molecule has 3 N–H and O–H groups in total. The Morgan fingerprint density at radius 2 is 1.90 bits per heavy atom. The summed E-state index contributed by atoms with van der Waals surface area (Å²) in [5.74, 6) is 0.0857. The molecule has 7 nitrogen and oxygen atoms in total. The molecule has 0 radical (unpaired) electrons. The van der Waals surface area contributed by atoms with Gasteiger partial charge in [0.2, 0.25) is 0 Å². The third-order valence-corrected chi connectivity index (χ3v) is 10.8. The fourth-order valence-corrected chi connectivity index (χ4v) is 4.60. The van der Waals surface area contributed by atoms with E-state index in [-0.39, 0.29) is 23.0 Å². The molecule has 0 fully saturated rings. The molecule has 0 spiro atoms. The van der Waals surface area contributed by atoms with Gasteiger partial charge in [0, 0.05) is 12.1 Å². The molecule has 1 atom stereocenters. The van der Waals surface area contributed by atoms with E-state index in [1.807, 2.05) is 39.0 Å². The highest BCUT2D eigenvalue weighted by atomic mass is 28.4. The van der Waals surface area contributed by atoms with Gasteiger partial charge in [-0.2, -0.15) is 0 Å². The lowest BCUT2D eigenvalue weighted by molar-refractivity contribution is 0.0125. The Balaban J connectivity index is 2.30. The van der Waals surface area contributed by atoms with Crippen LogP contribution < -0.4 is 5.73 Å². The largest absolute Gasteiger partial charge is 0.444 e. The van der Waals surface area contributed by atoms with Crippen molar-refractivity contribution in [1.82, 2.24) is 4.90 Å². The number of nitrogens with zero attached hydrogens (tertiary/aromatic N) is 2. The van der Waals surface area contributed by atoms with Gasteiger partial charge in [0.05, 0.1) is 12.6 Å². The molecule has 0 saturated heterocycles. The molecule has 31 heavy (non-hydrogen) atoms. The van der Waals surface area contributed by atoms with E-state index in [2.05, 4.69) is 39.0 Å². The molecule has 0 aliphatic heterocycles. The Morgan fingerprint density at radius 3 is 2.45 bits per heavy atom. The molecule has 2 rings (SSSR count). The third-order valence-electron chi connectivity index (χ3n) is 6.23. The fraction of sp³-hybridized carbons (Fsp3) is 0.652. The van der Waals surface area contributed by atoms with E-state index in [0.29, 0.717) is 18.7 Å². The lowest BCUT2D eigenvalue weighted by Gasteiger charge is -2.38. The first-order valence-corrected chi connectivity index (χ1v) is 13.8. The van der Waals surface area contributed by atoms with Crippen molar-refractivity contribution < 1.29 is 19.2 Å². The molecule has 8 heteroatoms. The molecule has 0 heterocycles. The minimum Gasteiger partial charge on any atom is -0.444 e. The van der Waals surface area contributed by atoms with Gasteiger partial charge in [-0.1, -0.05) is 44.1 Å². The van der Waals surface area contributed by atoms with Crippen LogP contribution in [0.15, 0.2) is 23.4 Å². The summed E-state index contributed by atoms with van der Waals surface area (Å²) in [5, 5.41) is 12.4. The van der Waals surface area contributed by atoms with Crippen molar-refractivity contribution in [2.24, 2.45) is 10.9 Å². The monoisotopic (exact) mass is 449 g/mol. The number of oxime groups is 1. The molecule has 0 saturated carbocycles. The molecule has 174 valence electrons. The minimum absolute atomic E-state index is 0.0857. The zero-order valence-electron chi connectivity index (χ0n) is 20.3. The Bertz CT molecular complexity index is 825. The SMILES string of the molecule is CC(C)(C)OC(=O)N(CCO[Si](C)(C)C(C)(C)C)[C@H]1CCc2c(/C(N)=N\O)cccc21. The summed E-state index contributed by atoms with van der Waals surface area (Å²) in [6.07, 6.45) is 1.15. The van der Waals surface area contributed by atoms with Crippen LogP contribution in [-0.2, 0) is 15.6 Å². The van der Waals surface area contributed by atoms with E-state index in [0.717, 1.165) is 24.0 Å². The summed E-state index contributed by atoms with van der Waals surface area (Å²) in [4.78, 5) is 14.9. The average Bonchev–Trinajstić information content (AvgIpc) is 3.06. The van der Waals surface area contributed by atoms with Gasteiger partial charge in [0.15, 0.2) is 14.2 Å². The molecule has 1 aromatic carbocycles. The summed E-state index contributed by atoms with van der Waals surface area (Å²) in [6, 6.07) is 5.59. The van der Waals surface area contributed by atoms with Crippen LogP contribution in [0.2, 0.25) is 18.1 Å². The number of rotatable bonds is 6. The lowest BCUT2D eigenvalue weighted by atomic mass is 10.0. The average molecular weight is 450 g/mol. The van der Waals surface area contributed by atoms with Crippen molar-refractivity contribution in [1.29, 1.82) is 0 Å². The first-order chi connectivity index (χ1) is 14.2. The van der Waals surface area contributed by atoms with Gasteiger partial charge in [-0.15, -0.1) is 0 Å². The Morgan fingerprint density at radius 1 is 1.26 bits per heavy atom. The van der Waals surface area contributed by atoms with Gasteiger partial charge < -0.3 is 20.1 Å². The number of hydrogen-bond acceptors (Lipinski definition) is 5. The van der Waals surface area contributed by atoms with Crippen molar-refractivity contribution in [2.45, 2.75) is 84.2 Å². The van der Waals surface area contributed by atoms with Crippen molar-refractivity contribution in [3.63, 3.8) is 0 Å². The molecular formula is C23H39N3O4Si. The number of nitrogens with two attached hydrogens (primary N) is 1. The molecule has 0 bridgehead atoms. The maximum Gasteiger partial charge on any atom is 0.410 e.